The minimum absolute atomic E-state index is 0.0911. The summed E-state index contributed by atoms with van der Waals surface area (Å²) in [6.07, 6.45) is 2.98. The maximum Gasteiger partial charge on any atom is 0.248 e. The summed E-state index contributed by atoms with van der Waals surface area (Å²) in [5.74, 6) is -0.795. The Hall–Kier alpha value is -1.13. The minimum atomic E-state index is -1.06. The molecule has 0 spiro atoms. The van der Waals surface area contributed by atoms with Gasteiger partial charge < -0.3 is 14.2 Å². The molecule has 0 unspecified atom stereocenters. The summed E-state index contributed by atoms with van der Waals surface area (Å²) >= 11 is 0. The Morgan fingerprint density at radius 3 is 2.21 bits per heavy atom. The molecule has 0 saturated heterocycles. The van der Waals surface area contributed by atoms with E-state index in [1.165, 1.54) is 27.4 Å². The molecule has 14 heavy (non-hydrogen) atoms. The molecule has 0 atom stereocenters. The number of ether oxygens (including phenoxy) is 3. The second-order valence-electron chi connectivity index (χ2n) is 2.98. The van der Waals surface area contributed by atoms with Crippen LogP contribution in [-0.2, 0) is 19.0 Å². The van der Waals surface area contributed by atoms with Crippen LogP contribution >= 0.6 is 0 Å². The number of rotatable bonds is 3. The van der Waals surface area contributed by atoms with Gasteiger partial charge in [0.15, 0.2) is 11.5 Å². The van der Waals surface area contributed by atoms with Crippen molar-refractivity contribution in [2.45, 2.75) is 12.7 Å². The number of allylic oxidation sites excluding steroid dienone is 2. The lowest BCUT2D eigenvalue weighted by atomic mass is 10.00. The molecule has 0 bridgehead atoms. The monoisotopic (exact) mass is 198 g/mol. The van der Waals surface area contributed by atoms with Gasteiger partial charge in [-0.3, -0.25) is 4.79 Å². The predicted molar refractivity (Wildman–Crippen MR) is 50.6 cm³/mol. The molecule has 1 aliphatic rings. The molecule has 0 amide bonds. The number of carbonyl (C=O) groups excluding carboxylic acids is 1. The third kappa shape index (κ3) is 1.58. The number of methoxy groups -OCH3 is 3. The first-order chi connectivity index (χ1) is 6.59. The van der Waals surface area contributed by atoms with Crippen LogP contribution in [0.4, 0.5) is 0 Å². The van der Waals surface area contributed by atoms with E-state index in [0.717, 1.165) is 0 Å². The fourth-order valence-electron chi connectivity index (χ4n) is 1.36. The van der Waals surface area contributed by atoms with Crippen molar-refractivity contribution in [2.75, 3.05) is 21.3 Å². The lowest BCUT2D eigenvalue weighted by molar-refractivity contribution is -0.167. The van der Waals surface area contributed by atoms with Crippen molar-refractivity contribution >= 4 is 5.78 Å². The van der Waals surface area contributed by atoms with E-state index >= 15 is 0 Å². The first-order valence-corrected chi connectivity index (χ1v) is 4.20. The van der Waals surface area contributed by atoms with Gasteiger partial charge in [-0.25, -0.2) is 0 Å². The molecule has 4 nitrogen and oxygen atoms in total. The van der Waals surface area contributed by atoms with Gasteiger partial charge in [0.05, 0.1) is 7.11 Å². The van der Waals surface area contributed by atoms with Crippen LogP contribution in [0.3, 0.4) is 0 Å². The van der Waals surface area contributed by atoms with Gasteiger partial charge in [0, 0.05) is 20.3 Å². The third-order valence-corrected chi connectivity index (χ3v) is 2.23. The van der Waals surface area contributed by atoms with Crippen LogP contribution in [0.15, 0.2) is 23.5 Å². The van der Waals surface area contributed by atoms with Gasteiger partial charge in [-0.15, -0.1) is 0 Å². The smallest absolute Gasteiger partial charge is 0.248 e. The summed E-state index contributed by atoms with van der Waals surface area (Å²) in [7, 11) is 4.46. The lowest BCUT2D eigenvalue weighted by Crippen LogP contribution is -2.38. The highest BCUT2D eigenvalue weighted by atomic mass is 16.7. The maximum atomic E-state index is 11.3. The summed E-state index contributed by atoms with van der Waals surface area (Å²) in [4.78, 5) is 11.3. The van der Waals surface area contributed by atoms with E-state index in [-0.39, 0.29) is 5.78 Å². The van der Waals surface area contributed by atoms with Gasteiger partial charge >= 0.3 is 0 Å². The molecule has 0 fully saturated rings. The molecule has 4 heteroatoms. The third-order valence-electron chi connectivity index (χ3n) is 2.23. The number of hydrogen-bond acceptors (Lipinski definition) is 4. The molecule has 0 aliphatic heterocycles. The number of ketones is 1. The summed E-state index contributed by atoms with van der Waals surface area (Å²) in [5, 5.41) is 0. The largest absolute Gasteiger partial charge is 0.495 e. The van der Waals surface area contributed by atoms with Crippen LogP contribution in [0.5, 0.6) is 0 Å². The highest BCUT2D eigenvalue weighted by Gasteiger charge is 2.37. The van der Waals surface area contributed by atoms with Crippen LogP contribution in [-0.4, -0.2) is 32.9 Å². The molecule has 1 rings (SSSR count). The zero-order chi connectivity index (χ0) is 10.8. The minimum Gasteiger partial charge on any atom is -0.495 e. The summed E-state index contributed by atoms with van der Waals surface area (Å²) in [5.41, 5.74) is 0.578. The molecule has 0 saturated carbocycles. The molecule has 0 heterocycles. The average Bonchev–Trinajstić information content (AvgIpc) is 2.21. The predicted octanol–water partition coefficient (Wildman–Crippen LogP) is 1.03. The summed E-state index contributed by atoms with van der Waals surface area (Å²) in [6, 6.07) is 0. The SMILES string of the molecule is COC1=CC(=O)C(C)=CC1(OC)OC. The molecular formula is C10H14O4. The molecular weight excluding hydrogens is 184 g/mol. The zero-order valence-corrected chi connectivity index (χ0v) is 8.79. The molecule has 0 N–H and O–H groups in total. The quantitative estimate of drug-likeness (QED) is 0.635. The van der Waals surface area contributed by atoms with Gasteiger partial charge in [0.1, 0.15) is 0 Å². The zero-order valence-electron chi connectivity index (χ0n) is 8.79. The van der Waals surface area contributed by atoms with Crippen molar-refractivity contribution in [1.29, 1.82) is 0 Å². The number of carbonyl (C=O) groups is 1. The Labute approximate surface area is 83.1 Å². The summed E-state index contributed by atoms with van der Waals surface area (Å²) in [6.45, 7) is 1.71. The molecule has 0 radical (unpaired) electrons. The van der Waals surface area contributed by atoms with Crippen molar-refractivity contribution in [3.63, 3.8) is 0 Å². The van der Waals surface area contributed by atoms with E-state index in [1.807, 2.05) is 0 Å². The van der Waals surface area contributed by atoms with Crippen LogP contribution in [0.2, 0.25) is 0 Å². The highest BCUT2D eigenvalue weighted by molar-refractivity contribution is 6.05. The lowest BCUT2D eigenvalue weighted by Gasteiger charge is -2.31. The van der Waals surface area contributed by atoms with E-state index in [0.29, 0.717) is 11.3 Å². The van der Waals surface area contributed by atoms with Gasteiger partial charge in [-0.05, 0) is 18.6 Å². The Balaban J connectivity index is 3.15. The average molecular weight is 198 g/mol. The van der Waals surface area contributed by atoms with Gasteiger partial charge in [-0.2, -0.15) is 0 Å². The van der Waals surface area contributed by atoms with Crippen molar-refractivity contribution in [3.8, 4) is 0 Å². The highest BCUT2D eigenvalue weighted by Crippen LogP contribution is 2.29. The van der Waals surface area contributed by atoms with Crippen LogP contribution in [0.25, 0.3) is 0 Å². The number of hydrogen-bond donors (Lipinski definition) is 0. The normalized spacial score (nSPS) is 20.1. The van der Waals surface area contributed by atoms with Crippen molar-refractivity contribution < 1.29 is 19.0 Å². The van der Waals surface area contributed by atoms with Gasteiger partial charge in [0.2, 0.25) is 5.79 Å². The van der Waals surface area contributed by atoms with Crippen molar-refractivity contribution in [1.82, 2.24) is 0 Å². The molecule has 1 aliphatic carbocycles. The second-order valence-corrected chi connectivity index (χ2v) is 2.98. The topological polar surface area (TPSA) is 44.8 Å². The van der Waals surface area contributed by atoms with Crippen LogP contribution in [0, 0.1) is 0 Å². The van der Waals surface area contributed by atoms with Crippen molar-refractivity contribution in [2.24, 2.45) is 0 Å². The maximum absolute atomic E-state index is 11.3. The molecule has 78 valence electrons. The van der Waals surface area contributed by atoms with E-state index < -0.39 is 5.79 Å². The Morgan fingerprint density at radius 2 is 1.79 bits per heavy atom. The Morgan fingerprint density at radius 1 is 1.21 bits per heavy atom. The standard InChI is InChI=1S/C10H14O4/c1-7-6-10(13-3,14-4)9(12-2)5-8(7)11/h5-6H,1-4H3. The van der Waals surface area contributed by atoms with Crippen LogP contribution < -0.4 is 0 Å². The van der Waals surface area contributed by atoms with Crippen LogP contribution in [0.1, 0.15) is 6.92 Å². The van der Waals surface area contributed by atoms with E-state index in [4.69, 9.17) is 14.2 Å². The first kappa shape index (κ1) is 10.9. The van der Waals surface area contributed by atoms with E-state index in [2.05, 4.69) is 0 Å². The Kier molecular flexibility index (Phi) is 3.08. The second kappa shape index (κ2) is 3.94. The van der Waals surface area contributed by atoms with Gasteiger partial charge in [-0.1, -0.05) is 0 Å². The molecule has 0 aromatic carbocycles. The van der Waals surface area contributed by atoms with Gasteiger partial charge in [0.25, 0.3) is 0 Å². The first-order valence-electron chi connectivity index (χ1n) is 4.20. The Bertz CT molecular complexity index is 297. The molecule has 0 aromatic heterocycles. The summed E-state index contributed by atoms with van der Waals surface area (Å²) < 4.78 is 15.5. The van der Waals surface area contributed by atoms with Crippen molar-refractivity contribution in [3.05, 3.63) is 23.5 Å². The molecule has 0 aromatic rings. The van der Waals surface area contributed by atoms with E-state index in [9.17, 15) is 4.79 Å². The van der Waals surface area contributed by atoms with E-state index in [1.54, 1.807) is 13.0 Å². The fourth-order valence-corrected chi connectivity index (χ4v) is 1.36. The fraction of sp³-hybridized carbons (Fsp3) is 0.500.